The van der Waals surface area contributed by atoms with Gasteiger partial charge in [0, 0.05) is 30.3 Å². The van der Waals surface area contributed by atoms with Crippen molar-refractivity contribution in [3.05, 3.63) is 41.6 Å². The predicted octanol–water partition coefficient (Wildman–Crippen LogP) is 2.54. The third-order valence-electron chi connectivity index (χ3n) is 4.00. The predicted molar refractivity (Wildman–Crippen MR) is 87.4 cm³/mol. The standard InChI is InChI=1S/C18H19NO5/c1-21-13-8-14(22-2)17-15(9-13)24-10-11(18(17)20)7-12-5-4-6-16(19-12)23-3/h4-6,8-9,11H,7,10H2,1-3H3. The molecular weight excluding hydrogens is 310 g/mol. The quantitative estimate of drug-likeness (QED) is 0.840. The largest absolute Gasteiger partial charge is 0.496 e. The van der Waals surface area contributed by atoms with Gasteiger partial charge in [0.25, 0.3) is 0 Å². The highest BCUT2D eigenvalue weighted by molar-refractivity contribution is 6.04. The maximum Gasteiger partial charge on any atom is 0.213 e. The number of rotatable bonds is 5. The van der Waals surface area contributed by atoms with Gasteiger partial charge in [0.05, 0.1) is 33.9 Å². The number of ether oxygens (including phenoxy) is 4. The van der Waals surface area contributed by atoms with E-state index in [2.05, 4.69) is 4.98 Å². The number of Topliss-reactive ketones (excluding diaryl/α,β-unsaturated/α-hetero) is 1. The van der Waals surface area contributed by atoms with Crippen molar-refractivity contribution in [1.82, 2.24) is 4.98 Å². The van der Waals surface area contributed by atoms with Crippen LogP contribution in [0, 0.1) is 5.92 Å². The molecule has 24 heavy (non-hydrogen) atoms. The Hall–Kier alpha value is -2.76. The Morgan fingerprint density at radius 2 is 2.00 bits per heavy atom. The van der Waals surface area contributed by atoms with E-state index >= 15 is 0 Å². The average molecular weight is 329 g/mol. The number of pyridine rings is 1. The van der Waals surface area contributed by atoms with Crippen LogP contribution < -0.4 is 18.9 Å². The summed E-state index contributed by atoms with van der Waals surface area (Å²) in [4.78, 5) is 17.3. The maximum absolute atomic E-state index is 12.9. The molecule has 0 fully saturated rings. The van der Waals surface area contributed by atoms with Gasteiger partial charge in [0.2, 0.25) is 5.88 Å². The zero-order valence-electron chi connectivity index (χ0n) is 13.9. The second-order valence-corrected chi connectivity index (χ2v) is 5.45. The van der Waals surface area contributed by atoms with E-state index < -0.39 is 0 Å². The van der Waals surface area contributed by atoms with E-state index in [-0.39, 0.29) is 11.7 Å². The lowest BCUT2D eigenvalue weighted by Gasteiger charge is -2.25. The molecule has 6 heteroatoms. The molecule has 0 spiro atoms. The summed E-state index contributed by atoms with van der Waals surface area (Å²) in [6.45, 7) is 0.293. The van der Waals surface area contributed by atoms with E-state index in [9.17, 15) is 4.79 Å². The number of nitrogens with zero attached hydrogens (tertiary/aromatic N) is 1. The first kappa shape index (κ1) is 16.1. The monoisotopic (exact) mass is 329 g/mol. The van der Waals surface area contributed by atoms with Crippen LogP contribution in [0.15, 0.2) is 30.3 Å². The van der Waals surface area contributed by atoms with Crippen molar-refractivity contribution >= 4 is 5.78 Å². The van der Waals surface area contributed by atoms with Crippen molar-refractivity contribution in [3.8, 4) is 23.1 Å². The number of carbonyl (C=O) groups excluding carboxylic acids is 1. The Morgan fingerprint density at radius 1 is 1.17 bits per heavy atom. The van der Waals surface area contributed by atoms with Gasteiger partial charge < -0.3 is 18.9 Å². The highest BCUT2D eigenvalue weighted by Crippen LogP contribution is 2.39. The Morgan fingerprint density at radius 3 is 2.71 bits per heavy atom. The van der Waals surface area contributed by atoms with Gasteiger partial charge in [0.1, 0.15) is 22.8 Å². The van der Waals surface area contributed by atoms with Gasteiger partial charge in [-0.3, -0.25) is 4.79 Å². The fourth-order valence-electron chi connectivity index (χ4n) is 2.76. The van der Waals surface area contributed by atoms with Crippen molar-refractivity contribution in [2.24, 2.45) is 5.92 Å². The molecule has 1 aromatic heterocycles. The van der Waals surface area contributed by atoms with Gasteiger partial charge in [-0.2, -0.15) is 0 Å². The minimum Gasteiger partial charge on any atom is -0.496 e. The molecule has 1 atom stereocenters. The summed E-state index contributed by atoms with van der Waals surface area (Å²) in [5, 5.41) is 0. The number of aromatic nitrogens is 1. The van der Waals surface area contributed by atoms with Crippen molar-refractivity contribution in [3.63, 3.8) is 0 Å². The smallest absolute Gasteiger partial charge is 0.213 e. The number of carbonyl (C=O) groups is 1. The highest BCUT2D eigenvalue weighted by atomic mass is 16.5. The van der Waals surface area contributed by atoms with Crippen LogP contribution in [0.3, 0.4) is 0 Å². The minimum atomic E-state index is -0.320. The Balaban J connectivity index is 1.89. The van der Waals surface area contributed by atoms with Gasteiger partial charge in [-0.25, -0.2) is 4.98 Å². The van der Waals surface area contributed by atoms with Gasteiger partial charge >= 0.3 is 0 Å². The average Bonchev–Trinajstić information content (AvgIpc) is 2.63. The zero-order valence-corrected chi connectivity index (χ0v) is 13.9. The summed E-state index contributed by atoms with van der Waals surface area (Å²) < 4.78 is 21.5. The number of fused-ring (bicyclic) bond motifs is 1. The molecule has 1 aromatic carbocycles. The van der Waals surface area contributed by atoms with Crippen LogP contribution in [0.1, 0.15) is 16.1 Å². The van der Waals surface area contributed by atoms with E-state index in [1.807, 2.05) is 12.1 Å². The van der Waals surface area contributed by atoms with Crippen molar-refractivity contribution in [2.75, 3.05) is 27.9 Å². The minimum absolute atomic E-state index is 0.0135. The van der Waals surface area contributed by atoms with Gasteiger partial charge in [0.15, 0.2) is 5.78 Å². The third-order valence-corrected chi connectivity index (χ3v) is 4.00. The summed E-state index contributed by atoms with van der Waals surface area (Å²) in [6, 6.07) is 8.89. The molecule has 2 aromatic rings. The summed E-state index contributed by atoms with van der Waals surface area (Å²) in [5.41, 5.74) is 1.24. The lowest BCUT2D eigenvalue weighted by Crippen LogP contribution is -2.30. The van der Waals surface area contributed by atoms with Crippen LogP contribution in [0.25, 0.3) is 0 Å². The highest BCUT2D eigenvalue weighted by Gasteiger charge is 2.33. The number of hydrogen-bond donors (Lipinski definition) is 0. The lowest BCUT2D eigenvalue weighted by atomic mass is 9.90. The molecule has 0 saturated carbocycles. The Kier molecular flexibility index (Phi) is 4.55. The van der Waals surface area contributed by atoms with E-state index in [4.69, 9.17) is 18.9 Å². The molecule has 0 bridgehead atoms. The fraction of sp³-hybridized carbons (Fsp3) is 0.333. The van der Waals surface area contributed by atoms with Crippen molar-refractivity contribution < 1.29 is 23.7 Å². The molecule has 126 valence electrons. The number of methoxy groups -OCH3 is 3. The first-order valence-corrected chi connectivity index (χ1v) is 7.59. The van der Waals surface area contributed by atoms with Gasteiger partial charge in [-0.05, 0) is 6.07 Å². The molecule has 0 N–H and O–H groups in total. The molecule has 3 rings (SSSR count). The molecule has 0 amide bonds. The number of hydrogen-bond acceptors (Lipinski definition) is 6. The molecule has 0 aliphatic carbocycles. The first-order chi connectivity index (χ1) is 11.7. The number of benzene rings is 1. The zero-order chi connectivity index (χ0) is 17.1. The SMILES string of the molecule is COc1cc(OC)c2c(c1)OCC(Cc1cccc(OC)n1)C2=O. The number of ketones is 1. The molecule has 1 aliphatic heterocycles. The van der Waals surface area contributed by atoms with Crippen LogP contribution in [-0.4, -0.2) is 38.7 Å². The molecule has 0 radical (unpaired) electrons. The fourth-order valence-corrected chi connectivity index (χ4v) is 2.76. The van der Waals surface area contributed by atoms with Gasteiger partial charge in [-0.15, -0.1) is 0 Å². The Bertz CT molecular complexity index is 742. The molecule has 6 nitrogen and oxygen atoms in total. The van der Waals surface area contributed by atoms with Crippen LogP contribution in [0.4, 0.5) is 0 Å². The van der Waals surface area contributed by atoms with E-state index in [0.29, 0.717) is 41.7 Å². The summed E-state index contributed by atoms with van der Waals surface area (Å²) in [7, 11) is 4.65. The first-order valence-electron chi connectivity index (χ1n) is 7.59. The van der Waals surface area contributed by atoms with Crippen molar-refractivity contribution in [2.45, 2.75) is 6.42 Å². The van der Waals surface area contributed by atoms with Crippen LogP contribution in [-0.2, 0) is 6.42 Å². The van der Waals surface area contributed by atoms with Crippen LogP contribution >= 0.6 is 0 Å². The molecule has 2 heterocycles. The summed E-state index contributed by atoms with van der Waals surface area (Å²) in [6.07, 6.45) is 0.477. The maximum atomic E-state index is 12.9. The molecular formula is C18H19NO5. The third kappa shape index (κ3) is 2.99. The second-order valence-electron chi connectivity index (χ2n) is 5.45. The lowest BCUT2D eigenvalue weighted by molar-refractivity contribution is 0.0824. The van der Waals surface area contributed by atoms with E-state index in [0.717, 1.165) is 5.69 Å². The summed E-state index contributed by atoms with van der Waals surface area (Å²) in [5.74, 6) is 1.73. The molecule has 1 unspecified atom stereocenters. The second kappa shape index (κ2) is 6.78. The summed E-state index contributed by atoms with van der Waals surface area (Å²) >= 11 is 0. The van der Waals surface area contributed by atoms with Crippen molar-refractivity contribution in [1.29, 1.82) is 0 Å². The van der Waals surface area contributed by atoms with E-state index in [1.54, 1.807) is 32.4 Å². The topological polar surface area (TPSA) is 66.9 Å². The van der Waals surface area contributed by atoms with Crippen LogP contribution in [0.2, 0.25) is 0 Å². The van der Waals surface area contributed by atoms with Crippen LogP contribution in [0.5, 0.6) is 23.1 Å². The van der Waals surface area contributed by atoms with Gasteiger partial charge in [-0.1, -0.05) is 6.07 Å². The normalized spacial score (nSPS) is 16.1. The molecule has 0 saturated heterocycles. The Labute approximate surface area is 140 Å². The van der Waals surface area contributed by atoms with E-state index in [1.165, 1.54) is 7.11 Å². The molecule has 1 aliphatic rings.